The van der Waals surface area contributed by atoms with Gasteiger partial charge in [0, 0.05) is 12.6 Å². The maximum atomic E-state index is 13.6. The Kier molecular flexibility index (Phi) is 3.34. The number of imide groups is 1. The van der Waals surface area contributed by atoms with Crippen LogP contribution >= 0.6 is 15.9 Å². The molecule has 1 unspecified atom stereocenters. The lowest BCUT2D eigenvalue weighted by molar-refractivity contribution is -0.123. The number of nitrogens with zero attached hydrogens (tertiary/aromatic N) is 1. The summed E-state index contributed by atoms with van der Waals surface area (Å²) in [5.41, 5.74) is -0.0693. The van der Waals surface area contributed by atoms with Crippen LogP contribution < -0.4 is 10.2 Å². The van der Waals surface area contributed by atoms with E-state index < -0.39 is 29.5 Å². The number of benzene rings is 1. The van der Waals surface area contributed by atoms with Crippen molar-refractivity contribution >= 4 is 33.6 Å². The van der Waals surface area contributed by atoms with Crippen molar-refractivity contribution in [1.82, 2.24) is 5.32 Å². The van der Waals surface area contributed by atoms with Crippen LogP contribution in [0, 0.1) is 17.6 Å². The number of nitrogens with one attached hydrogen (secondary N) is 1. The van der Waals surface area contributed by atoms with Gasteiger partial charge >= 0.3 is 6.03 Å². The number of rotatable bonds is 1. The molecule has 1 fully saturated rings. The first kappa shape index (κ1) is 12.9. The molecule has 1 aliphatic rings. The van der Waals surface area contributed by atoms with Gasteiger partial charge in [-0.3, -0.25) is 15.0 Å². The Labute approximate surface area is 110 Å². The number of hydrogen-bond donors (Lipinski definition) is 1. The second-order valence-electron chi connectivity index (χ2n) is 4.02. The predicted molar refractivity (Wildman–Crippen MR) is 64.1 cm³/mol. The second kappa shape index (κ2) is 4.64. The molecule has 1 atom stereocenters. The lowest BCUT2D eigenvalue weighted by Gasteiger charge is -2.30. The third-order valence-corrected chi connectivity index (χ3v) is 3.27. The standard InChI is InChI=1S/C11H9BrF2N2O2/c1-5-4-16(11(18)15-10(5)17)9-2-6(12)7(13)3-8(9)14/h2-3,5H,4H2,1H3,(H,15,17,18). The van der Waals surface area contributed by atoms with Crippen molar-refractivity contribution < 1.29 is 18.4 Å². The molecule has 4 nitrogen and oxygen atoms in total. The Balaban J connectivity index is 2.39. The highest BCUT2D eigenvalue weighted by Crippen LogP contribution is 2.28. The molecule has 1 aromatic carbocycles. The third-order valence-electron chi connectivity index (χ3n) is 2.66. The molecule has 1 heterocycles. The Bertz CT molecular complexity index is 536. The average Bonchev–Trinajstić information content (AvgIpc) is 2.29. The van der Waals surface area contributed by atoms with Crippen molar-refractivity contribution in [3.05, 3.63) is 28.2 Å². The van der Waals surface area contributed by atoms with Gasteiger partial charge in [-0.05, 0) is 22.0 Å². The lowest BCUT2D eigenvalue weighted by Crippen LogP contribution is -2.54. The summed E-state index contributed by atoms with van der Waals surface area (Å²) in [5.74, 6) is -2.46. The van der Waals surface area contributed by atoms with E-state index in [2.05, 4.69) is 21.2 Å². The van der Waals surface area contributed by atoms with Crippen LogP contribution in [0.15, 0.2) is 16.6 Å². The van der Waals surface area contributed by atoms with Crippen molar-refractivity contribution in [2.24, 2.45) is 5.92 Å². The quantitative estimate of drug-likeness (QED) is 0.808. The Hall–Kier alpha value is -1.50. The summed E-state index contributed by atoms with van der Waals surface area (Å²) < 4.78 is 26.8. The first-order valence-electron chi connectivity index (χ1n) is 5.17. The number of carbonyl (C=O) groups excluding carboxylic acids is 2. The predicted octanol–water partition coefficient (Wildman–Crippen LogP) is 2.42. The fourth-order valence-electron chi connectivity index (χ4n) is 1.66. The van der Waals surface area contributed by atoms with Crippen LogP contribution in [0.5, 0.6) is 0 Å². The molecule has 1 aliphatic heterocycles. The molecule has 1 saturated heterocycles. The molecule has 0 spiro atoms. The summed E-state index contributed by atoms with van der Waals surface area (Å²) in [5, 5.41) is 2.11. The van der Waals surface area contributed by atoms with Gasteiger partial charge in [0.05, 0.1) is 16.1 Å². The highest BCUT2D eigenvalue weighted by atomic mass is 79.9. The van der Waals surface area contributed by atoms with E-state index in [9.17, 15) is 18.4 Å². The number of carbonyl (C=O) groups is 2. The Morgan fingerprint density at radius 3 is 2.67 bits per heavy atom. The number of hydrogen-bond acceptors (Lipinski definition) is 2. The number of urea groups is 1. The van der Waals surface area contributed by atoms with Gasteiger partial charge in [0.15, 0.2) is 0 Å². The van der Waals surface area contributed by atoms with Gasteiger partial charge in [-0.25, -0.2) is 13.6 Å². The topological polar surface area (TPSA) is 49.4 Å². The normalized spacial score (nSPS) is 20.0. The summed E-state index contributed by atoms with van der Waals surface area (Å²) in [6, 6.07) is 1.15. The largest absolute Gasteiger partial charge is 0.328 e. The highest BCUT2D eigenvalue weighted by molar-refractivity contribution is 9.10. The molecule has 1 N–H and O–H groups in total. The van der Waals surface area contributed by atoms with Crippen molar-refractivity contribution in [1.29, 1.82) is 0 Å². The van der Waals surface area contributed by atoms with Crippen LogP contribution in [0.1, 0.15) is 6.92 Å². The van der Waals surface area contributed by atoms with Crippen LogP contribution in [-0.2, 0) is 4.79 Å². The fourth-order valence-corrected chi connectivity index (χ4v) is 1.99. The number of halogens is 3. The summed E-state index contributed by atoms with van der Waals surface area (Å²) in [4.78, 5) is 24.0. The minimum absolute atomic E-state index is 0.0521. The van der Waals surface area contributed by atoms with Gasteiger partial charge in [-0.1, -0.05) is 6.92 Å². The van der Waals surface area contributed by atoms with Gasteiger partial charge in [0.25, 0.3) is 0 Å². The molecule has 3 amide bonds. The van der Waals surface area contributed by atoms with Crippen molar-refractivity contribution in [3.63, 3.8) is 0 Å². The second-order valence-corrected chi connectivity index (χ2v) is 4.88. The fraction of sp³-hybridized carbons (Fsp3) is 0.273. The zero-order valence-corrected chi connectivity index (χ0v) is 10.9. The summed E-state index contributed by atoms with van der Waals surface area (Å²) >= 11 is 2.93. The summed E-state index contributed by atoms with van der Waals surface area (Å²) in [6.07, 6.45) is 0. The first-order valence-corrected chi connectivity index (χ1v) is 5.96. The summed E-state index contributed by atoms with van der Waals surface area (Å²) in [7, 11) is 0. The van der Waals surface area contributed by atoms with E-state index in [0.717, 1.165) is 4.90 Å². The molecular weight excluding hydrogens is 310 g/mol. The number of anilines is 1. The molecule has 0 radical (unpaired) electrons. The SMILES string of the molecule is CC1CN(c2cc(Br)c(F)cc2F)C(=O)NC1=O. The molecule has 0 aromatic heterocycles. The van der Waals surface area contributed by atoms with E-state index in [1.807, 2.05) is 0 Å². The van der Waals surface area contributed by atoms with Crippen molar-refractivity contribution in [2.75, 3.05) is 11.4 Å². The molecule has 18 heavy (non-hydrogen) atoms. The minimum atomic E-state index is -0.854. The van der Waals surface area contributed by atoms with Crippen LogP contribution in [0.25, 0.3) is 0 Å². The molecular formula is C11H9BrF2N2O2. The molecule has 0 aliphatic carbocycles. The molecule has 1 aromatic rings. The molecule has 0 bridgehead atoms. The van der Waals surface area contributed by atoms with E-state index in [0.29, 0.717) is 6.07 Å². The number of amides is 3. The Morgan fingerprint density at radius 2 is 2.00 bits per heavy atom. The highest BCUT2D eigenvalue weighted by Gasteiger charge is 2.31. The van der Waals surface area contributed by atoms with Crippen molar-refractivity contribution in [3.8, 4) is 0 Å². The van der Waals surface area contributed by atoms with Gasteiger partial charge < -0.3 is 0 Å². The van der Waals surface area contributed by atoms with Gasteiger partial charge in [0.2, 0.25) is 5.91 Å². The molecule has 7 heteroatoms. The van der Waals surface area contributed by atoms with E-state index >= 15 is 0 Å². The molecule has 0 saturated carbocycles. The van der Waals surface area contributed by atoms with Crippen LogP contribution in [0.2, 0.25) is 0 Å². The molecule has 96 valence electrons. The first-order chi connectivity index (χ1) is 8.40. The van der Waals surface area contributed by atoms with Crippen LogP contribution in [0.4, 0.5) is 19.3 Å². The molecule has 2 rings (SSSR count). The van der Waals surface area contributed by atoms with E-state index in [4.69, 9.17) is 0 Å². The zero-order valence-electron chi connectivity index (χ0n) is 9.34. The minimum Gasteiger partial charge on any atom is -0.290 e. The van der Waals surface area contributed by atoms with Gasteiger partial charge in [0.1, 0.15) is 11.6 Å². The van der Waals surface area contributed by atoms with E-state index in [-0.39, 0.29) is 16.7 Å². The lowest BCUT2D eigenvalue weighted by atomic mass is 10.1. The van der Waals surface area contributed by atoms with E-state index in [1.54, 1.807) is 6.92 Å². The smallest absolute Gasteiger partial charge is 0.290 e. The maximum absolute atomic E-state index is 13.6. The monoisotopic (exact) mass is 318 g/mol. The zero-order chi connectivity index (χ0) is 13.4. The van der Waals surface area contributed by atoms with Gasteiger partial charge in [-0.2, -0.15) is 0 Å². The van der Waals surface area contributed by atoms with Crippen LogP contribution in [-0.4, -0.2) is 18.5 Å². The summed E-state index contributed by atoms with van der Waals surface area (Å²) in [6.45, 7) is 1.67. The van der Waals surface area contributed by atoms with E-state index in [1.165, 1.54) is 6.07 Å². The average molecular weight is 319 g/mol. The van der Waals surface area contributed by atoms with Crippen molar-refractivity contribution in [2.45, 2.75) is 6.92 Å². The third kappa shape index (κ3) is 2.22. The Morgan fingerprint density at radius 1 is 1.33 bits per heavy atom. The van der Waals surface area contributed by atoms with Gasteiger partial charge in [-0.15, -0.1) is 0 Å². The van der Waals surface area contributed by atoms with Crippen LogP contribution in [0.3, 0.4) is 0 Å². The maximum Gasteiger partial charge on any atom is 0.328 e.